The van der Waals surface area contributed by atoms with Gasteiger partial charge in [0.25, 0.3) is 0 Å². The maximum absolute atomic E-state index is 12.8. The van der Waals surface area contributed by atoms with Crippen LogP contribution < -0.4 is 0 Å². The molecule has 11 heavy (non-hydrogen) atoms. The van der Waals surface area contributed by atoms with E-state index < -0.39 is 5.82 Å². The standard InChI is InChI=1S/C7H3BrFIO/c8-5-1-2-6(9)4(3-11)7(5)10/h1-3H. The van der Waals surface area contributed by atoms with Gasteiger partial charge in [0, 0.05) is 8.04 Å². The van der Waals surface area contributed by atoms with Crippen LogP contribution in [0.4, 0.5) is 4.39 Å². The van der Waals surface area contributed by atoms with Gasteiger partial charge in [0.2, 0.25) is 0 Å². The molecule has 0 unspecified atom stereocenters. The average Bonchev–Trinajstić information content (AvgIpc) is 1.99. The lowest BCUT2D eigenvalue weighted by molar-refractivity contribution is 0.111. The lowest BCUT2D eigenvalue weighted by atomic mass is 10.2. The number of hydrogen-bond acceptors (Lipinski definition) is 1. The van der Waals surface area contributed by atoms with E-state index in [0.29, 0.717) is 9.86 Å². The maximum Gasteiger partial charge on any atom is 0.154 e. The van der Waals surface area contributed by atoms with E-state index in [4.69, 9.17) is 0 Å². The van der Waals surface area contributed by atoms with Gasteiger partial charge in [-0.05, 0) is 50.7 Å². The Bertz CT molecular complexity index is 301. The summed E-state index contributed by atoms with van der Waals surface area (Å²) in [4.78, 5) is 10.3. The van der Waals surface area contributed by atoms with Crippen LogP contribution in [0.2, 0.25) is 0 Å². The highest BCUT2D eigenvalue weighted by molar-refractivity contribution is 14.1. The van der Waals surface area contributed by atoms with E-state index in [1.807, 2.05) is 22.6 Å². The third kappa shape index (κ3) is 1.79. The van der Waals surface area contributed by atoms with Crippen LogP contribution in [0.3, 0.4) is 0 Å². The van der Waals surface area contributed by atoms with Crippen molar-refractivity contribution in [3.05, 3.63) is 31.6 Å². The lowest BCUT2D eigenvalue weighted by Crippen LogP contribution is -1.92. The summed E-state index contributed by atoms with van der Waals surface area (Å²) in [5.41, 5.74) is 0.111. The van der Waals surface area contributed by atoms with Gasteiger partial charge in [0.15, 0.2) is 6.29 Å². The Labute approximate surface area is 85.3 Å². The molecule has 0 radical (unpaired) electrons. The molecule has 1 aromatic rings. The van der Waals surface area contributed by atoms with Crippen molar-refractivity contribution in [1.29, 1.82) is 0 Å². The van der Waals surface area contributed by atoms with Gasteiger partial charge in [-0.2, -0.15) is 0 Å². The Morgan fingerprint density at radius 3 is 2.64 bits per heavy atom. The Balaban J connectivity index is 3.40. The van der Waals surface area contributed by atoms with Gasteiger partial charge in [-0.15, -0.1) is 0 Å². The van der Waals surface area contributed by atoms with Crippen molar-refractivity contribution in [3.63, 3.8) is 0 Å². The summed E-state index contributed by atoms with van der Waals surface area (Å²) in [6.45, 7) is 0. The number of benzene rings is 1. The average molecular weight is 329 g/mol. The molecule has 0 aliphatic heterocycles. The van der Waals surface area contributed by atoms with E-state index in [1.54, 1.807) is 6.07 Å². The van der Waals surface area contributed by atoms with E-state index >= 15 is 0 Å². The molecule has 0 amide bonds. The molecule has 1 nitrogen and oxygen atoms in total. The van der Waals surface area contributed by atoms with Crippen molar-refractivity contribution in [2.75, 3.05) is 0 Å². The molecule has 58 valence electrons. The zero-order chi connectivity index (χ0) is 8.43. The fraction of sp³-hybridized carbons (Fsp3) is 0. The van der Waals surface area contributed by atoms with Gasteiger partial charge in [0.1, 0.15) is 5.82 Å². The van der Waals surface area contributed by atoms with Crippen molar-refractivity contribution >= 4 is 44.8 Å². The number of hydrogen-bond donors (Lipinski definition) is 0. The van der Waals surface area contributed by atoms with Crippen molar-refractivity contribution in [3.8, 4) is 0 Å². The molecule has 0 spiro atoms. The molecule has 0 aliphatic carbocycles. The van der Waals surface area contributed by atoms with Gasteiger partial charge in [-0.25, -0.2) is 4.39 Å². The van der Waals surface area contributed by atoms with E-state index in [-0.39, 0.29) is 5.56 Å². The molecule has 1 aromatic carbocycles. The molecular formula is C7H3BrFIO. The second-order valence-corrected chi connectivity index (χ2v) is 3.81. The summed E-state index contributed by atoms with van der Waals surface area (Å²) < 4.78 is 14.1. The zero-order valence-corrected chi connectivity index (χ0v) is 9.02. The molecular weight excluding hydrogens is 326 g/mol. The highest BCUT2D eigenvalue weighted by Crippen LogP contribution is 2.23. The molecule has 0 N–H and O–H groups in total. The summed E-state index contributed by atoms with van der Waals surface area (Å²) >= 11 is 5.10. The minimum Gasteiger partial charge on any atom is -0.298 e. The first-order valence-electron chi connectivity index (χ1n) is 2.75. The summed E-state index contributed by atoms with van der Waals surface area (Å²) in [7, 11) is 0. The largest absolute Gasteiger partial charge is 0.298 e. The molecule has 0 bridgehead atoms. The lowest BCUT2D eigenvalue weighted by Gasteiger charge is -1.99. The first-order valence-corrected chi connectivity index (χ1v) is 4.62. The van der Waals surface area contributed by atoms with E-state index in [0.717, 1.165) is 4.47 Å². The smallest absolute Gasteiger partial charge is 0.154 e. The van der Waals surface area contributed by atoms with Gasteiger partial charge >= 0.3 is 0 Å². The summed E-state index contributed by atoms with van der Waals surface area (Å²) in [5.74, 6) is -0.479. The Kier molecular flexibility index (Phi) is 3.00. The fourth-order valence-corrected chi connectivity index (χ4v) is 1.56. The van der Waals surface area contributed by atoms with Crippen LogP contribution in [0.5, 0.6) is 0 Å². The van der Waals surface area contributed by atoms with Gasteiger partial charge in [0.05, 0.1) is 5.56 Å². The zero-order valence-electron chi connectivity index (χ0n) is 5.27. The van der Waals surface area contributed by atoms with Crippen LogP contribution >= 0.6 is 38.5 Å². The molecule has 0 aromatic heterocycles. The van der Waals surface area contributed by atoms with Crippen LogP contribution in [-0.2, 0) is 0 Å². The van der Waals surface area contributed by atoms with Crippen molar-refractivity contribution in [1.82, 2.24) is 0 Å². The second-order valence-electron chi connectivity index (χ2n) is 1.87. The number of carbonyl (C=O) groups excluding carboxylic acids is 1. The predicted molar refractivity (Wildman–Crippen MR) is 52.2 cm³/mol. The van der Waals surface area contributed by atoms with Gasteiger partial charge in [-0.1, -0.05) is 0 Å². The number of halogens is 3. The molecule has 0 fully saturated rings. The number of rotatable bonds is 1. The summed E-state index contributed by atoms with van der Waals surface area (Å²) in [6, 6.07) is 2.83. The summed E-state index contributed by atoms with van der Waals surface area (Å²) in [5, 5.41) is 0. The van der Waals surface area contributed by atoms with Crippen LogP contribution in [0.25, 0.3) is 0 Å². The monoisotopic (exact) mass is 328 g/mol. The first kappa shape index (κ1) is 9.12. The SMILES string of the molecule is O=Cc1c(F)ccc(Br)c1I. The van der Waals surface area contributed by atoms with Crippen molar-refractivity contribution in [2.45, 2.75) is 0 Å². The topological polar surface area (TPSA) is 17.1 Å². The molecule has 0 aliphatic rings. The Hall–Kier alpha value is 0.0300. The minimum absolute atomic E-state index is 0.111. The molecule has 0 saturated heterocycles. The van der Waals surface area contributed by atoms with Crippen molar-refractivity contribution in [2.24, 2.45) is 0 Å². The van der Waals surface area contributed by atoms with Crippen molar-refractivity contribution < 1.29 is 9.18 Å². The quantitative estimate of drug-likeness (QED) is 0.440. The molecule has 0 saturated carbocycles. The van der Waals surface area contributed by atoms with Crippen LogP contribution in [0.1, 0.15) is 10.4 Å². The highest BCUT2D eigenvalue weighted by atomic mass is 127. The molecule has 0 atom stereocenters. The highest BCUT2D eigenvalue weighted by Gasteiger charge is 2.07. The fourth-order valence-electron chi connectivity index (χ4n) is 0.651. The Morgan fingerprint density at radius 2 is 2.18 bits per heavy atom. The van der Waals surface area contributed by atoms with E-state index in [2.05, 4.69) is 15.9 Å². The van der Waals surface area contributed by atoms with Crippen LogP contribution in [0.15, 0.2) is 16.6 Å². The number of carbonyl (C=O) groups is 1. The Morgan fingerprint density at radius 1 is 1.55 bits per heavy atom. The maximum atomic E-state index is 12.8. The van der Waals surface area contributed by atoms with Crippen LogP contribution in [0, 0.1) is 9.39 Å². The molecule has 0 heterocycles. The van der Waals surface area contributed by atoms with Gasteiger partial charge in [-0.3, -0.25) is 4.79 Å². The minimum atomic E-state index is -0.479. The van der Waals surface area contributed by atoms with E-state index in [9.17, 15) is 9.18 Å². The normalized spacial score (nSPS) is 9.73. The van der Waals surface area contributed by atoms with Crippen LogP contribution in [-0.4, -0.2) is 6.29 Å². The molecule has 1 rings (SSSR count). The van der Waals surface area contributed by atoms with Gasteiger partial charge < -0.3 is 0 Å². The third-order valence-electron chi connectivity index (χ3n) is 1.20. The predicted octanol–water partition coefficient (Wildman–Crippen LogP) is 3.01. The first-order chi connectivity index (χ1) is 5.16. The second kappa shape index (κ2) is 3.62. The van der Waals surface area contributed by atoms with E-state index in [1.165, 1.54) is 6.07 Å². The summed E-state index contributed by atoms with van der Waals surface area (Å²) in [6.07, 6.45) is 0.516. The third-order valence-corrected chi connectivity index (χ3v) is 3.76. The number of aldehydes is 1. The molecule has 4 heteroatoms.